The van der Waals surface area contributed by atoms with Crippen LogP contribution in [0.3, 0.4) is 0 Å². The van der Waals surface area contributed by atoms with Crippen LogP contribution in [-0.4, -0.2) is 72.5 Å². The number of nitrogens with zero attached hydrogens (tertiary/aromatic N) is 4. The average molecular weight is 531 g/mol. The maximum atomic E-state index is 14.4. The summed E-state index contributed by atoms with van der Waals surface area (Å²) in [6.07, 6.45) is 0.882. The molecule has 3 heterocycles. The molecule has 196 valence electrons. The van der Waals surface area contributed by atoms with Gasteiger partial charge in [0.2, 0.25) is 0 Å². The zero-order chi connectivity index (χ0) is 25.8. The van der Waals surface area contributed by atoms with Crippen LogP contribution in [-0.2, 0) is 11.3 Å². The van der Waals surface area contributed by atoms with Crippen molar-refractivity contribution in [1.29, 1.82) is 0 Å². The van der Waals surface area contributed by atoms with E-state index >= 15 is 0 Å². The fraction of sp³-hybridized carbons (Fsp3) is 0.385. The van der Waals surface area contributed by atoms with Crippen molar-refractivity contribution < 1.29 is 18.6 Å². The zero-order valence-corrected chi connectivity index (χ0v) is 21.0. The second kappa shape index (κ2) is 11.7. The van der Waals surface area contributed by atoms with Gasteiger partial charge in [-0.3, -0.25) is 10.2 Å². The number of morpholine rings is 1. The van der Waals surface area contributed by atoms with Gasteiger partial charge in [0.15, 0.2) is 11.6 Å². The smallest absolute Gasteiger partial charge is 0.172 e. The Balaban J connectivity index is 1.27. The molecular weight excluding hydrogens is 502 g/mol. The second-order valence-electron chi connectivity index (χ2n) is 9.03. The van der Waals surface area contributed by atoms with Crippen molar-refractivity contribution >= 4 is 23.2 Å². The van der Waals surface area contributed by atoms with Crippen molar-refractivity contribution in [3.05, 3.63) is 70.4 Å². The van der Waals surface area contributed by atoms with Gasteiger partial charge in [-0.25, -0.2) is 18.7 Å². The number of ether oxygens (including phenoxy) is 1. The molecule has 1 fully saturated rings. The van der Waals surface area contributed by atoms with Crippen LogP contribution in [0.4, 0.5) is 20.4 Å². The average Bonchev–Trinajstić information content (AvgIpc) is 2.93. The highest BCUT2D eigenvalue weighted by molar-refractivity contribution is 6.31. The third kappa shape index (κ3) is 6.00. The Kier molecular flexibility index (Phi) is 8.11. The Morgan fingerprint density at radius 3 is 2.62 bits per heavy atom. The van der Waals surface area contributed by atoms with Gasteiger partial charge >= 0.3 is 0 Å². The largest absolute Gasteiger partial charge is 0.379 e. The van der Waals surface area contributed by atoms with Crippen LogP contribution in [0.1, 0.15) is 17.4 Å². The van der Waals surface area contributed by atoms with Gasteiger partial charge < -0.3 is 20.1 Å². The number of anilines is 2. The maximum absolute atomic E-state index is 14.4. The van der Waals surface area contributed by atoms with Crippen LogP contribution in [0.2, 0.25) is 5.02 Å². The molecule has 0 spiro atoms. The molecule has 1 unspecified atom stereocenters. The zero-order valence-electron chi connectivity index (χ0n) is 20.3. The molecule has 2 aliphatic heterocycles. The highest BCUT2D eigenvalue weighted by atomic mass is 35.5. The number of fused-ring (bicyclic) bond motifs is 1. The van der Waals surface area contributed by atoms with E-state index in [1.54, 1.807) is 6.20 Å². The summed E-state index contributed by atoms with van der Waals surface area (Å²) in [5, 5.41) is 16.7. The van der Waals surface area contributed by atoms with Gasteiger partial charge in [0.1, 0.15) is 17.9 Å². The fourth-order valence-electron chi connectivity index (χ4n) is 4.48. The molecule has 37 heavy (non-hydrogen) atoms. The highest BCUT2D eigenvalue weighted by Gasteiger charge is 2.23. The minimum absolute atomic E-state index is 0.0660. The van der Waals surface area contributed by atoms with Gasteiger partial charge in [-0.05, 0) is 17.7 Å². The summed E-state index contributed by atoms with van der Waals surface area (Å²) in [5.74, 6) is -0.119. The van der Waals surface area contributed by atoms with Gasteiger partial charge in [-0.2, -0.15) is 0 Å². The number of halogens is 3. The number of rotatable bonds is 8. The first-order valence-corrected chi connectivity index (χ1v) is 12.7. The first-order valence-electron chi connectivity index (χ1n) is 12.3. The summed E-state index contributed by atoms with van der Waals surface area (Å²) >= 11 is 6.06. The van der Waals surface area contributed by atoms with Crippen LogP contribution < -0.4 is 15.5 Å². The molecule has 1 aromatic heterocycles. The standard InChI is InChI=1S/C26H29ClF2N6O2/c27-23-19(20(28)5-6-21(23)29)16-35-10-8-30-24-25(35)33-22(15-32-24)17-1-3-18(4-2-17)26(36)31-7-9-34-11-13-37-14-12-34/h1-6,15,26,31,36H,7-14,16H2,(H,30,32). The molecule has 1 saturated heterocycles. The Bertz CT molecular complexity index is 1230. The van der Waals surface area contributed by atoms with E-state index < -0.39 is 17.9 Å². The van der Waals surface area contributed by atoms with Gasteiger partial charge in [0.25, 0.3) is 0 Å². The molecule has 0 aliphatic carbocycles. The summed E-state index contributed by atoms with van der Waals surface area (Å²) in [7, 11) is 0. The molecule has 0 bridgehead atoms. The third-order valence-corrected chi connectivity index (χ3v) is 7.02. The van der Waals surface area contributed by atoms with E-state index in [-0.39, 0.29) is 17.1 Å². The second-order valence-corrected chi connectivity index (χ2v) is 9.41. The van der Waals surface area contributed by atoms with E-state index in [4.69, 9.17) is 21.3 Å². The summed E-state index contributed by atoms with van der Waals surface area (Å²) < 4.78 is 33.7. The SMILES string of the molecule is OC(NCCN1CCOCC1)c1ccc(-c2cnc3c(n2)N(Cc2c(F)ccc(F)c2Cl)CCN3)cc1. The summed E-state index contributed by atoms with van der Waals surface area (Å²) in [6, 6.07) is 9.55. The Morgan fingerprint density at radius 1 is 1.08 bits per heavy atom. The number of aliphatic hydroxyl groups is 1. The van der Waals surface area contributed by atoms with E-state index in [0.717, 1.165) is 56.1 Å². The molecular formula is C26H29ClF2N6O2. The molecule has 11 heteroatoms. The molecule has 5 rings (SSSR count). The number of benzene rings is 2. The predicted molar refractivity (Wildman–Crippen MR) is 139 cm³/mol. The molecule has 0 amide bonds. The molecule has 8 nitrogen and oxygen atoms in total. The van der Waals surface area contributed by atoms with Gasteiger partial charge in [-0.15, -0.1) is 0 Å². The molecule has 2 aliphatic rings. The highest BCUT2D eigenvalue weighted by Crippen LogP contribution is 2.32. The molecule has 2 aromatic carbocycles. The lowest BCUT2D eigenvalue weighted by atomic mass is 10.1. The van der Waals surface area contributed by atoms with Crippen molar-refractivity contribution in [2.45, 2.75) is 12.8 Å². The van der Waals surface area contributed by atoms with Crippen molar-refractivity contribution in [1.82, 2.24) is 20.2 Å². The molecule has 1 atom stereocenters. The van der Waals surface area contributed by atoms with E-state index in [1.807, 2.05) is 29.2 Å². The van der Waals surface area contributed by atoms with Crippen molar-refractivity contribution in [3.63, 3.8) is 0 Å². The Hall–Kier alpha value is -2.89. The number of aliphatic hydroxyl groups excluding tert-OH is 1. The molecule has 3 aromatic rings. The first kappa shape index (κ1) is 25.7. The minimum Gasteiger partial charge on any atom is -0.379 e. The lowest BCUT2D eigenvalue weighted by Crippen LogP contribution is -2.40. The molecule has 0 radical (unpaired) electrons. The minimum atomic E-state index is -0.782. The van der Waals surface area contributed by atoms with E-state index in [9.17, 15) is 13.9 Å². The van der Waals surface area contributed by atoms with Crippen molar-refractivity contribution in [3.8, 4) is 11.3 Å². The molecule has 0 saturated carbocycles. The normalized spacial score (nSPS) is 16.8. The monoisotopic (exact) mass is 530 g/mol. The predicted octanol–water partition coefficient (Wildman–Crippen LogP) is 3.42. The lowest BCUT2D eigenvalue weighted by Gasteiger charge is -2.30. The number of aromatic nitrogens is 2. The van der Waals surface area contributed by atoms with Gasteiger partial charge in [-0.1, -0.05) is 35.9 Å². The topological polar surface area (TPSA) is 85.8 Å². The van der Waals surface area contributed by atoms with Crippen LogP contribution in [0.5, 0.6) is 0 Å². The van der Waals surface area contributed by atoms with Gasteiger partial charge in [0.05, 0.1) is 30.1 Å². The summed E-state index contributed by atoms with van der Waals surface area (Å²) in [6.45, 7) is 6.00. The number of hydrogen-bond donors (Lipinski definition) is 3. The quantitative estimate of drug-likeness (QED) is 0.302. The first-order chi connectivity index (χ1) is 18.0. The van der Waals surface area contributed by atoms with Crippen molar-refractivity contribution in [2.75, 3.05) is 62.7 Å². The Morgan fingerprint density at radius 2 is 1.84 bits per heavy atom. The van der Waals surface area contributed by atoms with Crippen LogP contribution >= 0.6 is 11.6 Å². The van der Waals surface area contributed by atoms with Crippen LogP contribution in [0.15, 0.2) is 42.6 Å². The third-order valence-electron chi connectivity index (χ3n) is 6.61. The van der Waals surface area contributed by atoms with E-state index in [0.29, 0.717) is 37.0 Å². The van der Waals surface area contributed by atoms with Gasteiger partial charge in [0, 0.05) is 56.9 Å². The van der Waals surface area contributed by atoms with E-state index in [2.05, 4.69) is 20.5 Å². The van der Waals surface area contributed by atoms with Crippen LogP contribution in [0, 0.1) is 11.6 Å². The van der Waals surface area contributed by atoms with Crippen LogP contribution in [0.25, 0.3) is 11.3 Å². The molecule has 3 N–H and O–H groups in total. The van der Waals surface area contributed by atoms with E-state index in [1.165, 1.54) is 0 Å². The fourth-order valence-corrected chi connectivity index (χ4v) is 4.69. The van der Waals surface area contributed by atoms with Crippen molar-refractivity contribution in [2.24, 2.45) is 0 Å². The lowest BCUT2D eigenvalue weighted by molar-refractivity contribution is 0.0356. The number of nitrogens with one attached hydrogen (secondary N) is 2. The summed E-state index contributed by atoms with van der Waals surface area (Å²) in [4.78, 5) is 13.4. The Labute approximate surface area is 219 Å². The number of hydrogen-bond acceptors (Lipinski definition) is 8. The maximum Gasteiger partial charge on any atom is 0.172 e. The summed E-state index contributed by atoms with van der Waals surface area (Å²) in [5.41, 5.74) is 2.27.